The molecule has 2 atom stereocenters. The van der Waals surface area contributed by atoms with Gasteiger partial charge in [-0.15, -0.1) is 0 Å². The molecule has 2 rings (SSSR count). The van der Waals surface area contributed by atoms with Gasteiger partial charge in [0.2, 0.25) is 0 Å². The number of esters is 1. The van der Waals surface area contributed by atoms with Crippen LogP contribution in [0.15, 0.2) is 36.5 Å². The van der Waals surface area contributed by atoms with Crippen LogP contribution in [-0.4, -0.2) is 52.7 Å². The number of carbonyl (C=O) groups excluding carboxylic acids is 2. The highest BCUT2D eigenvalue weighted by Crippen LogP contribution is 2.41. The molecule has 44 heavy (non-hydrogen) atoms. The monoisotopic (exact) mass is 641 g/mol. The van der Waals surface area contributed by atoms with E-state index in [1.807, 2.05) is 24.4 Å². The number of Topliss-reactive ketones (excluding diaryl/α,β-unsaturated/α-hetero) is 1. The largest absolute Gasteiger partial charge is 0.469 e. The second-order valence-electron chi connectivity index (χ2n) is 15.1. The quantitative estimate of drug-likeness (QED) is 0.0786. The molecule has 2 aromatic rings. The second kappa shape index (κ2) is 15.9. The summed E-state index contributed by atoms with van der Waals surface area (Å²) in [5, 5.41) is 1.89. The molecule has 0 aliphatic heterocycles. The lowest BCUT2D eigenvalue weighted by Gasteiger charge is -2.44. The van der Waals surface area contributed by atoms with E-state index in [0.717, 1.165) is 35.6 Å². The van der Waals surface area contributed by atoms with E-state index in [0.29, 0.717) is 31.4 Å². The number of ketones is 1. The van der Waals surface area contributed by atoms with Crippen molar-refractivity contribution in [1.29, 1.82) is 0 Å². The number of aromatic nitrogens is 1. The Morgan fingerprint density at radius 2 is 1.45 bits per heavy atom. The summed E-state index contributed by atoms with van der Waals surface area (Å²) in [4.78, 5) is 29.8. The number of nitrogens with zero attached hydrogens (tertiary/aromatic N) is 1. The Morgan fingerprint density at radius 3 is 2.02 bits per heavy atom. The highest BCUT2D eigenvalue weighted by Gasteiger charge is 2.44. The number of carbonyl (C=O) groups is 2. The minimum absolute atomic E-state index is 0.000663. The molecule has 0 saturated heterocycles. The highest BCUT2D eigenvalue weighted by molar-refractivity contribution is 6.74. The fourth-order valence-electron chi connectivity index (χ4n) is 4.57. The lowest BCUT2D eigenvalue weighted by molar-refractivity contribution is -0.140. The summed E-state index contributed by atoms with van der Waals surface area (Å²) >= 11 is 0. The molecule has 246 valence electrons. The van der Waals surface area contributed by atoms with Crippen LogP contribution in [0.2, 0.25) is 36.3 Å². The summed E-state index contributed by atoms with van der Waals surface area (Å²) in [6.45, 7) is 24.7. The highest BCUT2D eigenvalue weighted by atomic mass is 28.4. The van der Waals surface area contributed by atoms with E-state index in [1.54, 1.807) is 0 Å². The maximum absolute atomic E-state index is 13.1. The molecule has 8 heteroatoms. The number of hydrogen-bond acceptors (Lipinski definition) is 6. The summed E-state index contributed by atoms with van der Waals surface area (Å²) in [5.74, 6) is -0.117. The number of hydrogen-bond donors (Lipinski definition) is 0. The predicted octanol–water partition coefficient (Wildman–Crippen LogP) is 10.1. The van der Waals surface area contributed by atoms with E-state index in [1.165, 1.54) is 7.11 Å². The van der Waals surface area contributed by atoms with Crippen LogP contribution in [0.5, 0.6) is 0 Å². The molecule has 0 amide bonds. The molecule has 0 fully saturated rings. The number of fused-ring (bicyclic) bond motifs is 1. The van der Waals surface area contributed by atoms with E-state index < -0.39 is 16.6 Å². The van der Waals surface area contributed by atoms with E-state index >= 15 is 0 Å². The van der Waals surface area contributed by atoms with E-state index in [2.05, 4.69) is 97.9 Å². The summed E-state index contributed by atoms with van der Waals surface area (Å²) in [5.41, 5.74) is 1.49. The molecule has 1 aromatic heterocycles. The Balaban J connectivity index is 2.60. The fraction of sp³-hybridized carbons (Fsp3) is 0.639. The molecule has 0 radical (unpaired) electrons. The van der Waals surface area contributed by atoms with Gasteiger partial charge in [0.25, 0.3) is 0 Å². The number of unbranched alkanes of at least 4 members (excludes halogenated alkanes) is 2. The molecule has 6 nitrogen and oxygen atoms in total. The SMILES string of the molecule is CCCCCC(=O)c1ncc(/C=C/[C@@H](O[Si](C)(C)C(C)(C)C)[C@H](CCCC(=O)OC)O[Si](C)(C)C(C)(C)C)c2ccccc12. The van der Waals surface area contributed by atoms with Crippen LogP contribution in [0.25, 0.3) is 16.8 Å². The van der Waals surface area contributed by atoms with Crippen molar-refractivity contribution >= 4 is 45.2 Å². The molecular formula is C36H59NO5Si2. The van der Waals surface area contributed by atoms with Crippen molar-refractivity contribution in [2.45, 2.75) is 142 Å². The van der Waals surface area contributed by atoms with Crippen LogP contribution in [0.3, 0.4) is 0 Å². The summed E-state index contributed by atoms with van der Waals surface area (Å²) in [6.07, 6.45) is 10.6. The van der Waals surface area contributed by atoms with Crippen molar-refractivity contribution in [2.75, 3.05) is 7.11 Å². The third kappa shape index (κ3) is 10.5. The first kappa shape index (κ1) is 38.0. The first-order valence-electron chi connectivity index (χ1n) is 16.4. The van der Waals surface area contributed by atoms with Crippen LogP contribution >= 0.6 is 0 Å². The van der Waals surface area contributed by atoms with Gasteiger partial charge >= 0.3 is 5.97 Å². The van der Waals surface area contributed by atoms with Gasteiger partial charge in [0.05, 0.1) is 19.3 Å². The molecule has 0 aliphatic carbocycles. The van der Waals surface area contributed by atoms with Crippen molar-refractivity contribution in [3.05, 3.63) is 47.8 Å². The minimum atomic E-state index is -2.22. The summed E-state index contributed by atoms with van der Waals surface area (Å²) < 4.78 is 19.1. The van der Waals surface area contributed by atoms with Crippen molar-refractivity contribution in [2.24, 2.45) is 0 Å². The number of pyridine rings is 1. The Morgan fingerprint density at radius 1 is 0.864 bits per heavy atom. The van der Waals surface area contributed by atoms with Gasteiger partial charge in [-0.05, 0) is 60.9 Å². The van der Waals surface area contributed by atoms with Crippen molar-refractivity contribution in [3.63, 3.8) is 0 Å². The van der Waals surface area contributed by atoms with Crippen molar-refractivity contribution in [3.8, 4) is 0 Å². The lowest BCUT2D eigenvalue weighted by Crippen LogP contribution is -2.51. The fourth-order valence-corrected chi connectivity index (χ4v) is 7.20. The van der Waals surface area contributed by atoms with Gasteiger partial charge in [0, 0.05) is 30.0 Å². The third-order valence-electron chi connectivity index (χ3n) is 9.52. The summed E-state index contributed by atoms with van der Waals surface area (Å²) in [6, 6.07) is 8.02. The Bertz CT molecular complexity index is 1270. The topological polar surface area (TPSA) is 74.7 Å². The average molecular weight is 642 g/mol. The molecule has 1 aromatic carbocycles. The van der Waals surface area contributed by atoms with Crippen molar-refractivity contribution in [1.82, 2.24) is 4.98 Å². The molecule has 0 saturated carbocycles. The molecular weight excluding hydrogens is 583 g/mol. The van der Waals surface area contributed by atoms with Gasteiger partial charge in [0.1, 0.15) is 5.69 Å². The summed E-state index contributed by atoms with van der Waals surface area (Å²) in [7, 11) is -2.98. The van der Waals surface area contributed by atoms with Gasteiger partial charge in [-0.3, -0.25) is 14.6 Å². The molecule has 0 aliphatic rings. The number of rotatable bonds is 16. The predicted molar refractivity (Wildman–Crippen MR) is 189 cm³/mol. The standard InChI is InChI=1S/C36H59NO5Si2/c1-13-14-15-21-30(38)34-29-20-17-16-19-28(29)27(26-37-34)24-25-32(42-44(11,12)36(5,6)7)31(22-18-23-33(39)40-8)41-43(9,10)35(2,3)4/h16-17,19-20,24-26,31-32H,13-15,18,21-23H2,1-12H3/b25-24+/t31-,32+/m0/s1. The number of benzene rings is 1. The molecule has 0 bridgehead atoms. The van der Waals surface area contributed by atoms with Crippen LogP contribution in [-0.2, 0) is 18.4 Å². The van der Waals surface area contributed by atoms with Crippen LogP contribution in [0.1, 0.15) is 109 Å². The number of ether oxygens (including phenoxy) is 1. The Kier molecular flexibility index (Phi) is 13.8. The van der Waals surface area contributed by atoms with E-state index in [9.17, 15) is 9.59 Å². The van der Waals surface area contributed by atoms with Gasteiger partial charge in [-0.1, -0.05) is 97.7 Å². The van der Waals surface area contributed by atoms with Crippen LogP contribution < -0.4 is 0 Å². The first-order chi connectivity index (χ1) is 20.3. The Hall–Kier alpha value is -2.14. The van der Waals surface area contributed by atoms with Crippen LogP contribution in [0, 0.1) is 0 Å². The first-order valence-corrected chi connectivity index (χ1v) is 22.2. The maximum Gasteiger partial charge on any atom is 0.305 e. The van der Waals surface area contributed by atoms with Crippen molar-refractivity contribution < 1.29 is 23.2 Å². The molecule has 0 unspecified atom stereocenters. The molecule has 1 heterocycles. The maximum atomic E-state index is 13.1. The molecule has 0 spiro atoms. The Labute approximate surface area is 269 Å². The lowest BCUT2D eigenvalue weighted by atomic mass is 9.99. The minimum Gasteiger partial charge on any atom is -0.469 e. The zero-order chi connectivity index (χ0) is 33.3. The zero-order valence-electron chi connectivity index (χ0n) is 29.6. The van der Waals surface area contributed by atoms with Gasteiger partial charge in [0.15, 0.2) is 22.4 Å². The zero-order valence-corrected chi connectivity index (χ0v) is 31.6. The smallest absolute Gasteiger partial charge is 0.305 e. The van der Waals surface area contributed by atoms with E-state index in [-0.39, 0.29) is 34.0 Å². The second-order valence-corrected chi connectivity index (χ2v) is 24.6. The third-order valence-corrected chi connectivity index (χ3v) is 18.5. The van der Waals surface area contributed by atoms with Gasteiger partial charge in [-0.25, -0.2) is 0 Å². The van der Waals surface area contributed by atoms with Gasteiger partial charge < -0.3 is 13.6 Å². The number of methoxy groups -OCH3 is 1. The van der Waals surface area contributed by atoms with E-state index in [4.69, 9.17) is 13.6 Å². The average Bonchev–Trinajstić information content (AvgIpc) is 2.93. The van der Waals surface area contributed by atoms with Crippen LogP contribution in [0.4, 0.5) is 0 Å². The molecule has 0 N–H and O–H groups in total. The van der Waals surface area contributed by atoms with Gasteiger partial charge in [-0.2, -0.15) is 0 Å². The normalized spacial score (nSPS) is 14.6.